The molecular weight excluding hydrogens is 148 g/mol. The maximum atomic E-state index is 6.26. The first-order valence-electron chi connectivity index (χ1n) is 5.23. The van der Waals surface area contributed by atoms with Crippen molar-refractivity contribution in [2.45, 2.75) is 63.5 Å². The second-order valence-corrected chi connectivity index (χ2v) is 4.19. The predicted molar refractivity (Wildman–Crippen MR) is 52.9 cm³/mol. The molecule has 0 spiro atoms. The van der Waals surface area contributed by atoms with E-state index in [9.17, 15) is 0 Å². The zero-order valence-corrected chi connectivity index (χ0v) is 8.18. The van der Waals surface area contributed by atoms with E-state index >= 15 is 0 Å². The lowest BCUT2D eigenvalue weighted by Gasteiger charge is -2.38. The zero-order chi connectivity index (χ0) is 9.03. The van der Waals surface area contributed by atoms with Gasteiger partial charge in [0.25, 0.3) is 0 Å². The Balaban J connectivity index is 2.44. The first-order chi connectivity index (χ1) is 5.69. The number of rotatable bonds is 3. The summed E-state index contributed by atoms with van der Waals surface area (Å²) < 4.78 is 0. The number of hydrogen-bond acceptors (Lipinski definition) is 2. The fraction of sp³-hybridized carbons (Fsp3) is 1.00. The van der Waals surface area contributed by atoms with E-state index in [0.29, 0.717) is 0 Å². The van der Waals surface area contributed by atoms with Gasteiger partial charge in [-0.3, -0.25) is 0 Å². The second kappa shape index (κ2) is 4.24. The van der Waals surface area contributed by atoms with Crippen LogP contribution in [0.1, 0.15) is 51.9 Å². The van der Waals surface area contributed by atoms with E-state index in [1.54, 1.807) is 0 Å². The molecular formula is C10H22N2. The Morgan fingerprint density at radius 2 is 1.83 bits per heavy atom. The van der Waals surface area contributed by atoms with Gasteiger partial charge < -0.3 is 11.5 Å². The molecule has 0 amide bonds. The van der Waals surface area contributed by atoms with Gasteiger partial charge in [0.15, 0.2) is 0 Å². The molecule has 0 saturated heterocycles. The highest BCUT2D eigenvalue weighted by Crippen LogP contribution is 2.29. The largest absolute Gasteiger partial charge is 0.326 e. The van der Waals surface area contributed by atoms with E-state index < -0.39 is 0 Å². The van der Waals surface area contributed by atoms with Gasteiger partial charge in [-0.25, -0.2) is 0 Å². The summed E-state index contributed by atoms with van der Waals surface area (Å²) in [5.74, 6) is 0. The molecule has 0 aromatic heterocycles. The Bertz CT molecular complexity index is 128. The predicted octanol–water partition coefficient (Wildman–Crippen LogP) is 1.78. The molecule has 1 atom stereocenters. The summed E-state index contributed by atoms with van der Waals surface area (Å²) in [6.45, 7) is 2.17. The highest BCUT2D eigenvalue weighted by molar-refractivity contribution is 4.95. The van der Waals surface area contributed by atoms with Crippen molar-refractivity contribution < 1.29 is 0 Å². The van der Waals surface area contributed by atoms with Crippen molar-refractivity contribution in [2.24, 2.45) is 11.5 Å². The normalized spacial score (nSPS) is 25.2. The minimum Gasteiger partial charge on any atom is -0.326 e. The van der Waals surface area contributed by atoms with Gasteiger partial charge in [-0.15, -0.1) is 0 Å². The Hall–Kier alpha value is -0.0800. The third-order valence-electron chi connectivity index (χ3n) is 3.12. The Labute approximate surface area is 75.7 Å². The van der Waals surface area contributed by atoms with E-state index in [1.807, 2.05) is 0 Å². The quantitative estimate of drug-likeness (QED) is 0.678. The summed E-state index contributed by atoms with van der Waals surface area (Å²) in [4.78, 5) is 0. The van der Waals surface area contributed by atoms with Crippen molar-refractivity contribution in [1.82, 2.24) is 0 Å². The molecule has 1 fully saturated rings. The molecule has 0 heterocycles. The Morgan fingerprint density at radius 1 is 1.25 bits per heavy atom. The van der Waals surface area contributed by atoms with E-state index in [2.05, 4.69) is 6.92 Å². The first kappa shape index (κ1) is 10.0. The molecule has 2 heteroatoms. The van der Waals surface area contributed by atoms with Gasteiger partial charge in [-0.05, 0) is 19.3 Å². The fourth-order valence-electron chi connectivity index (χ4n) is 2.18. The lowest BCUT2D eigenvalue weighted by atomic mass is 9.76. The van der Waals surface area contributed by atoms with Crippen LogP contribution in [0.3, 0.4) is 0 Å². The van der Waals surface area contributed by atoms with Gasteiger partial charge in [-0.2, -0.15) is 0 Å². The Kier molecular flexibility index (Phi) is 3.53. The molecule has 0 aromatic carbocycles. The molecule has 1 unspecified atom stereocenters. The summed E-state index contributed by atoms with van der Waals surface area (Å²) in [6.07, 6.45) is 8.39. The van der Waals surface area contributed by atoms with Crippen LogP contribution in [0.4, 0.5) is 0 Å². The lowest BCUT2D eigenvalue weighted by molar-refractivity contribution is 0.238. The van der Waals surface area contributed by atoms with Crippen molar-refractivity contribution >= 4 is 0 Å². The van der Waals surface area contributed by atoms with E-state index in [1.165, 1.54) is 19.3 Å². The van der Waals surface area contributed by atoms with Gasteiger partial charge in [0.1, 0.15) is 0 Å². The maximum absolute atomic E-state index is 6.26. The van der Waals surface area contributed by atoms with Crippen LogP contribution in [0, 0.1) is 0 Å². The smallest absolute Gasteiger partial charge is 0.0307 e. The highest BCUT2D eigenvalue weighted by Gasteiger charge is 2.32. The lowest BCUT2D eigenvalue weighted by Crippen LogP contribution is -2.56. The SMILES string of the molecule is CCCC(N)C1(N)CCCCC1. The molecule has 1 rings (SSSR count). The minimum atomic E-state index is -0.0335. The summed E-state index contributed by atoms with van der Waals surface area (Å²) in [7, 11) is 0. The molecule has 0 bridgehead atoms. The minimum absolute atomic E-state index is 0.0335. The number of nitrogens with two attached hydrogens (primary N) is 2. The monoisotopic (exact) mass is 170 g/mol. The standard InChI is InChI=1S/C10H22N2/c1-2-6-9(11)10(12)7-4-3-5-8-10/h9H,2-8,11-12H2,1H3. The number of hydrogen-bond donors (Lipinski definition) is 2. The molecule has 1 aliphatic rings. The van der Waals surface area contributed by atoms with Crippen molar-refractivity contribution in [3.8, 4) is 0 Å². The van der Waals surface area contributed by atoms with E-state index in [-0.39, 0.29) is 11.6 Å². The highest BCUT2D eigenvalue weighted by atomic mass is 14.9. The van der Waals surface area contributed by atoms with Crippen LogP contribution < -0.4 is 11.5 Å². The molecule has 2 nitrogen and oxygen atoms in total. The van der Waals surface area contributed by atoms with Crippen molar-refractivity contribution in [2.75, 3.05) is 0 Å². The molecule has 1 saturated carbocycles. The van der Waals surface area contributed by atoms with E-state index in [0.717, 1.165) is 25.7 Å². The Morgan fingerprint density at radius 3 is 2.33 bits per heavy atom. The molecule has 12 heavy (non-hydrogen) atoms. The summed E-state index contributed by atoms with van der Waals surface area (Å²) >= 11 is 0. The second-order valence-electron chi connectivity index (χ2n) is 4.19. The van der Waals surface area contributed by atoms with Gasteiger partial charge in [0.05, 0.1) is 0 Å². The third-order valence-corrected chi connectivity index (χ3v) is 3.12. The van der Waals surface area contributed by atoms with Crippen molar-refractivity contribution in [1.29, 1.82) is 0 Å². The van der Waals surface area contributed by atoms with Crippen LogP contribution in [-0.2, 0) is 0 Å². The van der Waals surface area contributed by atoms with Crippen LogP contribution >= 0.6 is 0 Å². The molecule has 72 valence electrons. The van der Waals surface area contributed by atoms with Crippen molar-refractivity contribution in [3.63, 3.8) is 0 Å². The van der Waals surface area contributed by atoms with Gasteiger partial charge >= 0.3 is 0 Å². The molecule has 0 radical (unpaired) electrons. The van der Waals surface area contributed by atoms with Gasteiger partial charge in [0, 0.05) is 11.6 Å². The van der Waals surface area contributed by atoms with Crippen LogP contribution in [0.5, 0.6) is 0 Å². The molecule has 1 aliphatic carbocycles. The molecule has 0 aliphatic heterocycles. The topological polar surface area (TPSA) is 52.0 Å². The summed E-state index contributed by atoms with van der Waals surface area (Å²) in [5, 5.41) is 0. The van der Waals surface area contributed by atoms with Crippen LogP contribution in [0.2, 0.25) is 0 Å². The zero-order valence-electron chi connectivity index (χ0n) is 8.18. The average Bonchev–Trinajstić information content (AvgIpc) is 2.06. The average molecular weight is 170 g/mol. The first-order valence-corrected chi connectivity index (χ1v) is 5.23. The van der Waals surface area contributed by atoms with Crippen LogP contribution in [0.15, 0.2) is 0 Å². The fourth-order valence-corrected chi connectivity index (χ4v) is 2.18. The van der Waals surface area contributed by atoms with Crippen molar-refractivity contribution in [3.05, 3.63) is 0 Å². The van der Waals surface area contributed by atoms with Gasteiger partial charge in [0.2, 0.25) is 0 Å². The summed E-state index contributed by atoms with van der Waals surface area (Å²) in [6, 6.07) is 0.225. The molecule has 0 aromatic rings. The van der Waals surface area contributed by atoms with Crippen LogP contribution in [-0.4, -0.2) is 11.6 Å². The van der Waals surface area contributed by atoms with Crippen LogP contribution in [0.25, 0.3) is 0 Å². The van der Waals surface area contributed by atoms with E-state index in [4.69, 9.17) is 11.5 Å². The third kappa shape index (κ3) is 2.20. The maximum Gasteiger partial charge on any atom is 0.0307 e. The molecule has 4 N–H and O–H groups in total. The van der Waals surface area contributed by atoms with Gasteiger partial charge in [-0.1, -0.05) is 32.6 Å². The summed E-state index contributed by atoms with van der Waals surface area (Å²) in [5.41, 5.74) is 12.3.